The van der Waals surface area contributed by atoms with Crippen LogP contribution in [0.15, 0.2) is 0 Å². The number of ether oxygens (including phenoxy) is 2. The monoisotopic (exact) mass is 738 g/mol. The molecule has 0 aromatic carbocycles. The maximum Gasteiger partial charge on any atom is 0.266 e. The number of Topliss-reactive ketones (excluding diaryl/α,β-unsaturated/α-hetero) is 2. The summed E-state index contributed by atoms with van der Waals surface area (Å²) in [4.78, 5) is 77.2. The van der Waals surface area contributed by atoms with E-state index in [1.165, 1.54) is 18.9 Å². The molecule has 7 N–H and O–H groups in total. The van der Waals surface area contributed by atoms with Gasteiger partial charge >= 0.3 is 0 Å². The van der Waals surface area contributed by atoms with Gasteiger partial charge < -0.3 is 45.6 Å². The minimum atomic E-state index is -4.24. The molecular weight excluding hydrogens is 684 g/mol. The van der Waals surface area contributed by atoms with E-state index in [0.717, 1.165) is 0 Å². The van der Waals surface area contributed by atoms with Crippen molar-refractivity contribution in [2.45, 2.75) is 109 Å². The van der Waals surface area contributed by atoms with Gasteiger partial charge in [-0.2, -0.15) is 8.42 Å². The Morgan fingerprint density at radius 1 is 0.880 bits per heavy atom. The normalized spacial score (nSPS) is 21.9. The summed E-state index contributed by atoms with van der Waals surface area (Å²) in [6, 6.07) is -0.944. The molecule has 0 saturated carbocycles. The van der Waals surface area contributed by atoms with Crippen molar-refractivity contribution in [2.75, 3.05) is 39.0 Å². The number of nitrogens with zero attached hydrogens (tertiary/aromatic N) is 1. The van der Waals surface area contributed by atoms with E-state index in [2.05, 4.69) is 16.0 Å². The van der Waals surface area contributed by atoms with Crippen LogP contribution < -0.4 is 16.0 Å². The first-order valence-corrected chi connectivity index (χ1v) is 18.2. The SMILES string of the molecule is CCCN(CCC(=O)NC(C(=O)C[C@@H](CCC(=O)NCC1O[C@@H](OC)[C@H](O)[C@@H](O)[C@@H]1O)C(C)=O)C(C)C)C(=O)CCC(=O)NCCS(=O)(=O)O. The summed E-state index contributed by atoms with van der Waals surface area (Å²) >= 11 is 0. The van der Waals surface area contributed by atoms with Crippen molar-refractivity contribution < 1.29 is 66.5 Å². The predicted octanol–water partition coefficient (Wildman–Crippen LogP) is -1.95. The molecule has 2 unspecified atom stereocenters. The van der Waals surface area contributed by atoms with Crippen molar-refractivity contribution in [3.63, 3.8) is 0 Å². The Bertz CT molecular complexity index is 1260. The summed E-state index contributed by atoms with van der Waals surface area (Å²) in [5.41, 5.74) is 0. The van der Waals surface area contributed by atoms with E-state index >= 15 is 0 Å². The first kappa shape index (κ1) is 45.0. The zero-order valence-corrected chi connectivity index (χ0v) is 30.1. The van der Waals surface area contributed by atoms with Gasteiger partial charge in [0.25, 0.3) is 10.1 Å². The van der Waals surface area contributed by atoms with Crippen LogP contribution in [-0.2, 0) is 48.4 Å². The van der Waals surface area contributed by atoms with Crippen LogP contribution in [0.1, 0.15) is 72.6 Å². The second-order valence-corrected chi connectivity index (χ2v) is 14.2. The zero-order valence-electron chi connectivity index (χ0n) is 29.3. The third-order valence-electron chi connectivity index (χ3n) is 8.18. The van der Waals surface area contributed by atoms with Gasteiger partial charge in [-0.15, -0.1) is 0 Å². The lowest BCUT2D eigenvalue weighted by Gasteiger charge is -2.39. The number of aliphatic hydroxyl groups excluding tert-OH is 3. The van der Waals surface area contributed by atoms with Crippen LogP contribution in [0.2, 0.25) is 0 Å². The molecule has 0 bridgehead atoms. The van der Waals surface area contributed by atoms with Crippen molar-refractivity contribution in [3.05, 3.63) is 0 Å². The van der Waals surface area contributed by atoms with Crippen molar-refractivity contribution in [2.24, 2.45) is 11.8 Å². The highest BCUT2D eigenvalue weighted by Gasteiger charge is 2.44. The third kappa shape index (κ3) is 16.3. The molecule has 0 spiro atoms. The van der Waals surface area contributed by atoms with Crippen LogP contribution in [0, 0.1) is 11.8 Å². The van der Waals surface area contributed by atoms with Crippen LogP contribution in [0.25, 0.3) is 0 Å². The number of carbonyl (C=O) groups is 6. The second kappa shape index (κ2) is 22.0. The minimum absolute atomic E-state index is 0.0155. The highest BCUT2D eigenvalue weighted by molar-refractivity contribution is 7.85. The van der Waals surface area contributed by atoms with E-state index in [-0.39, 0.29) is 69.9 Å². The number of hydrogen-bond donors (Lipinski definition) is 7. The van der Waals surface area contributed by atoms with Crippen molar-refractivity contribution >= 4 is 45.3 Å². The highest BCUT2D eigenvalue weighted by Crippen LogP contribution is 2.22. The fourth-order valence-corrected chi connectivity index (χ4v) is 5.59. The first-order chi connectivity index (χ1) is 23.3. The molecule has 19 heteroatoms. The maximum absolute atomic E-state index is 13.3. The van der Waals surface area contributed by atoms with Gasteiger partial charge in [-0.3, -0.25) is 33.3 Å². The van der Waals surface area contributed by atoms with E-state index in [4.69, 9.17) is 14.0 Å². The maximum atomic E-state index is 13.3. The van der Waals surface area contributed by atoms with Gasteiger partial charge in [-0.25, -0.2) is 0 Å². The number of hydrogen-bond acceptors (Lipinski definition) is 13. The second-order valence-electron chi connectivity index (χ2n) is 12.6. The standard InChI is InChI=1S/C31H54N4O14S/c1-6-13-35(26(41)10-9-23(38)32-12-15-50(45,46)47)14-11-25(40)34-27(18(2)3)21(37)16-20(19(4)36)7-8-24(39)33-17-22-28(42)29(43)30(44)31(48-5)49-22/h18,20,22,27-31,42-44H,6-17H2,1-5H3,(H,32,38)(H,33,39)(H,34,40)(H,45,46,47)/t20-,22?,27?,28-,29+,30-,31-/m1/s1. The van der Waals surface area contributed by atoms with Crippen molar-refractivity contribution in [1.29, 1.82) is 0 Å². The van der Waals surface area contributed by atoms with Crippen LogP contribution in [0.3, 0.4) is 0 Å². The fourth-order valence-electron chi connectivity index (χ4n) is 5.23. The van der Waals surface area contributed by atoms with Gasteiger partial charge in [0, 0.05) is 71.3 Å². The molecule has 1 fully saturated rings. The number of methoxy groups -OCH3 is 1. The molecular formula is C31H54N4O14S. The largest absolute Gasteiger partial charge is 0.388 e. The van der Waals surface area contributed by atoms with Gasteiger partial charge in [0.05, 0.1) is 11.8 Å². The molecule has 18 nitrogen and oxygen atoms in total. The molecule has 1 aliphatic heterocycles. The topological polar surface area (TPSA) is 275 Å². The van der Waals surface area contributed by atoms with Crippen LogP contribution in [0.5, 0.6) is 0 Å². The van der Waals surface area contributed by atoms with Gasteiger partial charge in [0.1, 0.15) is 30.2 Å². The molecule has 1 rings (SSSR count). The number of amides is 4. The molecule has 7 atom stereocenters. The molecule has 1 heterocycles. The summed E-state index contributed by atoms with van der Waals surface area (Å²) in [7, 11) is -2.99. The van der Waals surface area contributed by atoms with Gasteiger partial charge in [-0.05, 0) is 25.7 Å². The van der Waals surface area contributed by atoms with Crippen LogP contribution >= 0.6 is 0 Å². The quantitative estimate of drug-likeness (QED) is 0.0562. The molecule has 1 aliphatic rings. The van der Waals surface area contributed by atoms with Gasteiger partial charge in [0.15, 0.2) is 12.1 Å². The fraction of sp³-hybridized carbons (Fsp3) is 0.806. The molecule has 1 saturated heterocycles. The Morgan fingerprint density at radius 2 is 1.52 bits per heavy atom. The molecule has 50 heavy (non-hydrogen) atoms. The Hall–Kier alpha value is -3.07. The van der Waals surface area contributed by atoms with Crippen LogP contribution in [-0.4, -0.2) is 144 Å². The summed E-state index contributed by atoms with van der Waals surface area (Å²) in [5, 5.41) is 37.6. The number of carbonyl (C=O) groups excluding carboxylic acids is 6. The number of ketones is 2. The number of rotatable bonds is 23. The predicted molar refractivity (Wildman–Crippen MR) is 177 cm³/mol. The summed E-state index contributed by atoms with van der Waals surface area (Å²) < 4.78 is 40.6. The molecule has 0 aromatic heterocycles. The molecule has 0 aromatic rings. The number of aliphatic hydroxyl groups is 3. The zero-order chi connectivity index (χ0) is 38.2. The Labute approximate surface area is 292 Å². The third-order valence-corrected chi connectivity index (χ3v) is 8.90. The van der Waals surface area contributed by atoms with Gasteiger partial charge in [-0.1, -0.05) is 20.8 Å². The molecule has 4 amide bonds. The lowest BCUT2D eigenvalue weighted by atomic mass is 9.88. The Morgan fingerprint density at radius 3 is 2.08 bits per heavy atom. The first-order valence-electron chi connectivity index (χ1n) is 16.6. The average Bonchev–Trinajstić information content (AvgIpc) is 3.03. The van der Waals surface area contributed by atoms with E-state index in [1.807, 2.05) is 6.92 Å². The van der Waals surface area contributed by atoms with E-state index in [9.17, 15) is 52.5 Å². The van der Waals surface area contributed by atoms with E-state index in [1.54, 1.807) is 13.8 Å². The molecule has 0 aliphatic carbocycles. The smallest absolute Gasteiger partial charge is 0.266 e. The summed E-state index contributed by atoms with van der Waals surface area (Å²) in [6.07, 6.45) is -7.15. The Kier molecular flexibility index (Phi) is 19.8. The molecule has 288 valence electrons. The van der Waals surface area contributed by atoms with Crippen molar-refractivity contribution in [1.82, 2.24) is 20.9 Å². The molecule has 0 radical (unpaired) electrons. The summed E-state index contributed by atoms with van der Waals surface area (Å²) in [5.74, 6) is -4.54. The lowest BCUT2D eigenvalue weighted by Crippen LogP contribution is -2.60. The summed E-state index contributed by atoms with van der Waals surface area (Å²) in [6.45, 7) is 6.37. The van der Waals surface area contributed by atoms with Crippen LogP contribution in [0.4, 0.5) is 0 Å². The van der Waals surface area contributed by atoms with Gasteiger partial charge in [0.2, 0.25) is 23.6 Å². The Balaban J connectivity index is 2.65. The lowest BCUT2D eigenvalue weighted by molar-refractivity contribution is -0.288. The van der Waals surface area contributed by atoms with E-state index < -0.39 is 87.9 Å². The minimum Gasteiger partial charge on any atom is -0.388 e. The van der Waals surface area contributed by atoms with E-state index in [0.29, 0.717) is 13.0 Å². The van der Waals surface area contributed by atoms with Crippen molar-refractivity contribution in [3.8, 4) is 0 Å². The average molecular weight is 739 g/mol. The number of nitrogens with one attached hydrogen (secondary N) is 3. The highest BCUT2D eigenvalue weighted by atomic mass is 32.2.